The summed E-state index contributed by atoms with van der Waals surface area (Å²) in [7, 11) is 0. The van der Waals surface area contributed by atoms with Gasteiger partial charge in [0.05, 0.1) is 11.7 Å². The molecule has 0 aromatic heterocycles. The van der Waals surface area contributed by atoms with Gasteiger partial charge in [0.2, 0.25) is 0 Å². The Balaban J connectivity index is 1.80. The molecule has 2 atom stereocenters. The molecule has 3 heteroatoms. The zero-order valence-electron chi connectivity index (χ0n) is 13.5. The first-order valence-corrected chi connectivity index (χ1v) is 7.95. The summed E-state index contributed by atoms with van der Waals surface area (Å²) in [6, 6.07) is 6.09. The van der Waals surface area contributed by atoms with E-state index < -0.39 is 0 Å². The minimum Gasteiger partial charge on any atom is -0.487 e. The van der Waals surface area contributed by atoms with Gasteiger partial charge in [-0.2, -0.15) is 0 Å². The maximum absolute atomic E-state index is 10.0. The second-order valence-electron chi connectivity index (χ2n) is 7.54. The first kappa shape index (κ1) is 14.9. The normalized spacial score (nSPS) is 30.0. The van der Waals surface area contributed by atoms with E-state index in [1.54, 1.807) is 0 Å². The van der Waals surface area contributed by atoms with Crippen LogP contribution < -0.4 is 4.74 Å². The Hall–Kier alpha value is -1.06. The van der Waals surface area contributed by atoms with E-state index in [0.717, 1.165) is 37.0 Å². The monoisotopic (exact) mass is 290 g/mol. The molecule has 3 nitrogen and oxygen atoms in total. The fourth-order valence-corrected chi connectivity index (χ4v) is 3.70. The fraction of sp³-hybridized carbons (Fsp3) is 0.667. The van der Waals surface area contributed by atoms with Crippen LogP contribution in [0.3, 0.4) is 0 Å². The van der Waals surface area contributed by atoms with Crippen LogP contribution in [-0.2, 0) is 11.2 Å². The molecule has 1 aromatic carbocycles. The molecule has 1 aliphatic heterocycles. The average Bonchev–Trinajstić information content (AvgIpc) is 2.57. The van der Waals surface area contributed by atoms with Crippen molar-refractivity contribution in [1.29, 1.82) is 0 Å². The zero-order chi connectivity index (χ0) is 15.3. The summed E-state index contributed by atoms with van der Waals surface area (Å²) in [6.07, 6.45) is 3.57. The first-order chi connectivity index (χ1) is 9.77. The minimum atomic E-state index is -0.312. The van der Waals surface area contributed by atoms with Crippen LogP contribution in [-0.4, -0.2) is 22.4 Å². The van der Waals surface area contributed by atoms with Crippen LogP contribution in [0.5, 0.6) is 5.75 Å². The topological polar surface area (TPSA) is 38.7 Å². The lowest BCUT2D eigenvalue weighted by atomic mass is 9.89. The highest BCUT2D eigenvalue weighted by Gasteiger charge is 2.47. The van der Waals surface area contributed by atoms with Crippen molar-refractivity contribution in [1.82, 2.24) is 0 Å². The number of aryl methyl sites for hydroxylation is 1. The summed E-state index contributed by atoms with van der Waals surface area (Å²) in [5.74, 6) is 0.891. The Morgan fingerprint density at radius 3 is 2.67 bits per heavy atom. The van der Waals surface area contributed by atoms with E-state index in [9.17, 15) is 5.11 Å². The number of hydrogen-bond donors (Lipinski definition) is 1. The van der Waals surface area contributed by atoms with Gasteiger partial charge < -0.3 is 14.6 Å². The third-order valence-corrected chi connectivity index (χ3v) is 4.67. The standard InChI is InChI=1S/C18H26O3/c1-17(2)11-16(18(3,4)21-17)20-13-8-9-14-12(10-13)6-5-7-15(14)19/h8-10,15-16,19H,5-7,11H2,1-4H3. The van der Waals surface area contributed by atoms with Gasteiger partial charge >= 0.3 is 0 Å². The molecular weight excluding hydrogens is 264 g/mol. The van der Waals surface area contributed by atoms with Gasteiger partial charge in [-0.15, -0.1) is 0 Å². The van der Waals surface area contributed by atoms with Crippen molar-refractivity contribution in [3.63, 3.8) is 0 Å². The predicted octanol–water partition coefficient (Wildman–Crippen LogP) is 3.78. The number of aliphatic hydroxyl groups excluding tert-OH is 1. The Bertz CT molecular complexity index is 533. The van der Waals surface area contributed by atoms with Gasteiger partial charge in [0, 0.05) is 6.42 Å². The molecule has 1 aromatic rings. The van der Waals surface area contributed by atoms with Crippen molar-refractivity contribution in [2.75, 3.05) is 0 Å². The van der Waals surface area contributed by atoms with Gasteiger partial charge in [0.15, 0.2) is 0 Å². The molecular formula is C18H26O3. The van der Waals surface area contributed by atoms with Gasteiger partial charge in [0.25, 0.3) is 0 Å². The quantitative estimate of drug-likeness (QED) is 0.901. The van der Waals surface area contributed by atoms with Crippen molar-refractivity contribution >= 4 is 0 Å². The second kappa shape index (κ2) is 4.99. The molecule has 1 heterocycles. The number of aliphatic hydroxyl groups is 1. The molecule has 2 unspecified atom stereocenters. The molecule has 1 N–H and O–H groups in total. The summed E-state index contributed by atoms with van der Waals surface area (Å²) < 4.78 is 12.3. The van der Waals surface area contributed by atoms with Gasteiger partial charge in [-0.3, -0.25) is 0 Å². The van der Waals surface area contributed by atoms with E-state index in [-0.39, 0.29) is 23.4 Å². The third kappa shape index (κ3) is 2.95. The van der Waals surface area contributed by atoms with Crippen molar-refractivity contribution in [2.45, 2.75) is 76.8 Å². The van der Waals surface area contributed by atoms with E-state index in [1.807, 2.05) is 12.1 Å². The number of hydrogen-bond acceptors (Lipinski definition) is 3. The largest absolute Gasteiger partial charge is 0.487 e. The minimum absolute atomic E-state index is 0.0547. The lowest BCUT2D eigenvalue weighted by Gasteiger charge is -2.28. The molecule has 3 rings (SSSR count). The summed E-state index contributed by atoms with van der Waals surface area (Å²) in [4.78, 5) is 0. The number of benzene rings is 1. The predicted molar refractivity (Wildman–Crippen MR) is 82.6 cm³/mol. The van der Waals surface area contributed by atoms with Crippen LogP contribution >= 0.6 is 0 Å². The SMILES string of the molecule is CC1(C)CC(Oc2ccc3c(c2)CCCC3O)C(C)(C)O1. The van der Waals surface area contributed by atoms with Crippen LogP contribution in [0.2, 0.25) is 0 Å². The molecule has 2 aliphatic rings. The molecule has 1 saturated heterocycles. The van der Waals surface area contributed by atoms with Gasteiger partial charge in [-0.05, 0) is 70.2 Å². The van der Waals surface area contributed by atoms with Crippen molar-refractivity contribution < 1.29 is 14.6 Å². The van der Waals surface area contributed by atoms with Gasteiger partial charge in [-0.25, -0.2) is 0 Å². The molecule has 0 amide bonds. The first-order valence-electron chi connectivity index (χ1n) is 7.95. The van der Waals surface area contributed by atoms with Crippen molar-refractivity contribution in [2.24, 2.45) is 0 Å². The number of rotatable bonds is 2. The van der Waals surface area contributed by atoms with Crippen molar-refractivity contribution in [3.8, 4) is 5.75 Å². The molecule has 0 saturated carbocycles. The summed E-state index contributed by atoms with van der Waals surface area (Å²) in [5.41, 5.74) is 1.87. The van der Waals surface area contributed by atoms with Crippen LogP contribution in [0, 0.1) is 0 Å². The van der Waals surface area contributed by atoms with E-state index >= 15 is 0 Å². The van der Waals surface area contributed by atoms with Crippen LogP contribution in [0.25, 0.3) is 0 Å². The maximum atomic E-state index is 10.0. The highest BCUT2D eigenvalue weighted by Crippen LogP contribution is 2.40. The van der Waals surface area contributed by atoms with Crippen LogP contribution in [0.1, 0.15) is 64.2 Å². The van der Waals surface area contributed by atoms with E-state index in [4.69, 9.17) is 9.47 Å². The molecule has 1 fully saturated rings. The third-order valence-electron chi connectivity index (χ3n) is 4.67. The maximum Gasteiger partial charge on any atom is 0.130 e. The number of ether oxygens (including phenoxy) is 2. The van der Waals surface area contributed by atoms with Crippen molar-refractivity contribution in [3.05, 3.63) is 29.3 Å². The molecule has 21 heavy (non-hydrogen) atoms. The lowest BCUT2D eigenvalue weighted by Crippen LogP contribution is -2.36. The molecule has 0 spiro atoms. The molecule has 116 valence electrons. The lowest BCUT2D eigenvalue weighted by molar-refractivity contribution is -0.0846. The fourth-order valence-electron chi connectivity index (χ4n) is 3.70. The van der Waals surface area contributed by atoms with Gasteiger partial charge in [-0.1, -0.05) is 6.07 Å². The summed E-state index contributed by atoms with van der Waals surface area (Å²) >= 11 is 0. The van der Waals surface area contributed by atoms with Crippen LogP contribution in [0.4, 0.5) is 0 Å². The smallest absolute Gasteiger partial charge is 0.130 e. The highest BCUT2D eigenvalue weighted by atomic mass is 16.6. The van der Waals surface area contributed by atoms with E-state index in [2.05, 4.69) is 33.8 Å². The zero-order valence-corrected chi connectivity index (χ0v) is 13.5. The second-order valence-corrected chi connectivity index (χ2v) is 7.54. The van der Waals surface area contributed by atoms with E-state index in [0.29, 0.717) is 0 Å². The Labute approximate surface area is 127 Å². The highest BCUT2D eigenvalue weighted by molar-refractivity contribution is 5.38. The Morgan fingerprint density at radius 2 is 2.00 bits per heavy atom. The van der Waals surface area contributed by atoms with Crippen LogP contribution in [0.15, 0.2) is 18.2 Å². The molecule has 0 radical (unpaired) electrons. The number of fused-ring (bicyclic) bond motifs is 1. The average molecular weight is 290 g/mol. The summed E-state index contributed by atoms with van der Waals surface area (Å²) in [6.45, 7) is 8.41. The molecule has 1 aliphatic carbocycles. The van der Waals surface area contributed by atoms with E-state index in [1.165, 1.54) is 5.56 Å². The Morgan fingerprint density at radius 1 is 1.24 bits per heavy atom. The molecule has 0 bridgehead atoms. The summed E-state index contributed by atoms with van der Waals surface area (Å²) in [5, 5.41) is 10.0. The van der Waals surface area contributed by atoms with Gasteiger partial charge in [0.1, 0.15) is 17.5 Å². The Kier molecular flexibility index (Phi) is 3.53.